The smallest absolute Gasteiger partial charge is 0.336 e. The van der Waals surface area contributed by atoms with E-state index >= 15 is 0 Å². The number of unbranched alkanes of at least 4 members (excludes halogenated alkanes) is 1. The molecule has 4 aromatic rings. The molecule has 192 valence electrons. The molecule has 7 nitrogen and oxygen atoms in total. The molecule has 4 rings (SSSR count). The van der Waals surface area contributed by atoms with E-state index in [1.807, 2.05) is 47.0 Å². The number of methoxy groups -OCH3 is 1. The third-order valence-electron chi connectivity index (χ3n) is 6.18. The van der Waals surface area contributed by atoms with Gasteiger partial charge < -0.3 is 19.5 Å². The van der Waals surface area contributed by atoms with Crippen molar-refractivity contribution in [1.29, 1.82) is 0 Å². The van der Waals surface area contributed by atoms with Crippen LogP contribution in [0.5, 0.6) is 0 Å². The van der Waals surface area contributed by atoms with Gasteiger partial charge in [-0.1, -0.05) is 67.4 Å². The first-order valence-corrected chi connectivity index (χ1v) is 13.1. The molecule has 0 spiro atoms. The van der Waals surface area contributed by atoms with Crippen molar-refractivity contribution >= 4 is 34.9 Å². The number of thiophene rings is 1. The molecule has 0 bridgehead atoms. The topological polar surface area (TPSA) is 102 Å². The highest BCUT2D eigenvalue weighted by Gasteiger charge is 2.30. The molecule has 0 saturated carbocycles. The largest absolute Gasteiger partial charge is 0.478 e. The second-order valence-electron chi connectivity index (χ2n) is 8.56. The molecule has 0 amide bonds. The highest BCUT2D eigenvalue weighted by molar-refractivity contribution is 7.10. The van der Waals surface area contributed by atoms with Crippen LogP contribution in [0.25, 0.3) is 11.1 Å². The van der Waals surface area contributed by atoms with Gasteiger partial charge in [-0.15, -0.1) is 11.3 Å². The number of nitrogens with zero attached hydrogens (tertiary/aromatic N) is 2. The van der Waals surface area contributed by atoms with Gasteiger partial charge in [0.15, 0.2) is 5.15 Å². The fourth-order valence-electron chi connectivity index (χ4n) is 4.40. The van der Waals surface area contributed by atoms with Gasteiger partial charge >= 0.3 is 11.9 Å². The van der Waals surface area contributed by atoms with Crippen molar-refractivity contribution in [1.82, 2.24) is 9.55 Å². The monoisotopic (exact) mass is 538 g/mol. The number of hydrogen-bond acceptors (Lipinski definition) is 5. The lowest BCUT2D eigenvalue weighted by Crippen LogP contribution is -2.16. The van der Waals surface area contributed by atoms with Gasteiger partial charge in [-0.05, 0) is 40.6 Å². The number of benzene rings is 2. The lowest BCUT2D eigenvalue weighted by Gasteiger charge is -2.20. The molecular weight excluding hydrogens is 512 g/mol. The molecule has 9 heteroatoms. The summed E-state index contributed by atoms with van der Waals surface area (Å²) in [6, 6.07) is 16.3. The van der Waals surface area contributed by atoms with Crippen molar-refractivity contribution in [2.75, 3.05) is 7.11 Å². The van der Waals surface area contributed by atoms with Crippen LogP contribution < -0.4 is 0 Å². The van der Waals surface area contributed by atoms with Crippen LogP contribution in [0.2, 0.25) is 5.15 Å². The van der Waals surface area contributed by atoms with E-state index in [9.17, 15) is 19.8 Å². The predicted octanol–water partition coefficient (Wildman–Crippen LogP) is 6.79. The summed E-state index contributed by atoms with van der Waals surface area (Å²) in [6.45, 7) is 2.39. The van der Waals surface area contributed by atoms with Gasteiger partial charge in [-0.3, -0.25) is 0 Å². The molecule has 2 aromatic heterocycles. The van der Waals surface area contributed by atoms with Crippen molar-refractivity contribution in [3.63, 3.8) is 0 Å². The standard InChI is InChI=1S/C28H27ClN2O5S/c1-3-4-10-22-30-26(29)23(24(36-2)25-20(27(32)33)13-14-37-25)31(22)16-17-11-12-19(21(15-17)28(34)35)18-8-6-5-7-9-18/h5-9,11-15,24H,3-4,10,16H2,1-2H3,(H,32,33)(H,34,35). The number of rotatable bonds is 11. The molecule has 0 fully saturated rings. The Bertz CT molecular complexity index is 1410. The average molecular weight is 539 g/mol. The summed E-state index contributed by atoms with van der Waals surface area (Å²) in [4.78, 5) is 29.1. The Kier molecular flexibility index (Phi) is 8.43. The molecule has 1 unspecified atom stereocenters. The minimum atomic E-state index is -1.05. The molecule has 0 saturated heterocycles. The minimum Gasteiger partial charge on any atom is -0.478 e. The first-order chi connectivity index (χ1) is 17.8. The van der Waals surface area contributed by atoms with Gasteiger partial charge in [0, 0.05) is 20.1 Å². The Morgan fingerprint density at radius 3 is 2.46 bits per heavy atom. The molecule has 2 N–H and O–H groups in total. The van der Waals surface area contributed by atoms with E-state index in [-0.39, 0.29) is 16.3 Å². The molecule has 37 heavy (non-hydrogen) atoms. The second-order valence-corrected chi connectivity index (χ2v) is 9.87. The van der Waals surface area contributed by atoms with E-state index in [2.05, 4.69) is 11.9 Å². The van der Waals surface area contributed by atoms with Gasteiger partial charge in [0.2, 0.25) is 0 Å². The fourth-order valence-corrected chi connectivity index (χ4v) is 5.66. The number of hydrogen-bond donors (Lipinski definition) is 2. The van der Waals surface area contributed by atoms with E-state index in [0.717, 1.165) is 29.8 Å². The molecule has 0 aliphatic carbocycles. The summed E-state index contributed by atoms with van der Waals surface area (Å²) < 4.78 is 7.73. The first-order valence-electron chi connectivity index (χ1n) is 11.9. The number of aromatic nitrogens is 2. The van der Waals surface area contributed by atoms with E-state index in [1.54, 1.807) is 17.5 Å². The van der Waals surface area contributed by atoms with Gasteiger partial charge in [-0.2, -0.15) is 0 Å². The van der Waals surface area contributed by atoms with Crippen LogP contribution in [-0.2, 0) is 17.7 Å². The van der Waals surface area contributed by atoms with Crippen molar-refractivity contribution in [2.24, 2.45) is 0 Å². The number of halogens is 1. The van der Waals surface area contributed by atoms with Crippen LogP contribution in [-0.4, -0.2) is 38.8 Å². The number of ether oxygens (including phenoxy) is 1. The van der Waals surface area contributed by atoms with Crippen LogP contribution in [0.3, 0.4) is 0 Å². The number of aryl methyl sites for hydroxylation is 1. The SMILES string of the molecule is CCCCc1nc(Cl)c(C(OC)c2sccc2C(=O)O)n1Cc1ccc(-c2ccccc2)c(C(=O)O)c1. The van der Waals surface area contributed by atoms with Crippen LogP contribution in [0, 0.1) is 0 Å². The van der Waals surface area contributed by atoms with Crippen molar-refractivity contribution in [3.05, 3.63) is 98.2 Å². The van der Waals surface area contributed by atoms with E-state index in [4.69, 9.17) is 16.3 Å². The first kappa shape index (κ1) is 26.6. The number of carboxylic acids is 2. The van der Waals surface area contributed by atoms with Gasteiger partial charge in [0.05, 0.1) is 21.7 Å². The van der Waals surface area contributed by atoms with Crippen LogP contribution in [0.1, 0.15) is 68.5 Å². The predicted molar refractivity (Wildman–Crippen MR) is 144 cm³/mol. The van der Waals surface area contributed by atoms with Gasteiger partial charge in [0.1, 0.15) is 11.9 Å². The Balaban J connectivity index is 1.82. The summed E-state index contributed by atoms with van der Waals surface area (Å²) in [6.07, 6.45) is 1.76. The van der Waals surface area contributed by atoms with Crippen LogP contribution in [0.15, 0.2) is 60.0 Å². The summed E-state index contributed by atoms with van der Waals surface area (Å²) >= 11 is 7.93. The normalized spacial score (nSPS) is 12.0. The van der Waals surface area contributed by atoms with Gasteiger partial charge in [-0.25, -0.2) is 14.6 Å². The maximum Gasteiger partial charge on any atom is 0.336 e. The van der Waals surface area contributed by atoms with E-state index in [1.165, 1.54) is 18.4 Å². The lowest BCUT2D eigenvalue weighted by molar-refractivity contribution is 0.0681. The summed E-state index contributed by atoms with van der Waals surface area (Å²) in [5.41, 5.74) is 3.09. The highest BCUT2D eigenvalue weighted by Crippen LogP contribution is 2.37. The van der Waals surface area contributed by atoms with E-state index < -0.39 is 18.0 Å². The van der Waals surface area contributed by atoms with Crippen molar-refractivity contribution < 1.29 is 24.5 Å². The summed E-state index contributed by atoms with van der Waals surface area (Å²) in [7, 11) is 1.51. The molecule has 0 radical (unpaired) electrons. The fraction of sp³-hybridized carbons (Fsp3) is 0.250. The number of imidazole rings is 1. The molecule has 2 heterocycles. The molecule has 0 aliphatic rings. The second kappa shape index (κ2) is 11.7. The summed E-state index contributed by atoms with van der Waals surface area (Å²) in [5, 5.41) is 21.6. The average Bonchev–Trinajstić information content (AvgIpc) is 3.49. The van der Waals surface area contributed by atoms with Gasteiger partial charge in [0.25, 0.3) is 0 Å². The number of aromatic carboxylic acids is 2. The number of carbonyl (C=O) groups is 2. The maximum absolute atomic E-state index is 12.2. The molecule has 2 aromatic carbocycles. The molecular formula is C28H27ClN2O5S. The number of carboxylic acid groups (broad SMARTS) is 2. The summed E-state index contributed by atoms with van der Waals surface area (Å²) in [5.74, 6) is -1.33. The Morgan fingerprint density at radius 2 is 1.81 bits per heavy atom. The Hall–Kier alpha value is -3.46. The van der Waals surface area contributed by atoms with Crippen LogP contribution >= 0.6 is 22.9 Å². The van der Waals surface area contributed by atoms with E-state index in [0.29, 0.717) is 29.1 Å². The molecule has 0 aliphatic heterocycles. The third kappa shape index (κ3) is 5.61. The Labute approximate surface area is 223 Å². The van der Waals surface area contributed by atoms with Crippen molar-refractivity contribution in [2.45, 2.75) is 38.8 Å². The quantitative estimate of drug-likeness (QED) is 0.218. The third-order valence-corrected chi connectivity index (χ3v) is 7.42. The van der Waals surface area contributed by atoms with Crippen molar-refractivity contribution in [3.8, 4) is 11.1 Å². The minimum absolute atomic E-state index is 0.149. The zero-order valence-electron chi connectivity index (χ0n) is 20.5. The van der Waals surface area contributed by atoms with Crippen LogP contribution in [0.4, 0.5) is 0 Å². The molecule has 1 atom stereocenters. The zero-order valence-corrected chi connectivity index (χ0v) is 22.1. The zero-order chi connectivity index (χ0) is 26.5. The lowest BCUT2D eigenvalue weighted by atomic mass is 9.97. The Morgan fingerprint density at radius 1 is 1.08 bits per heavy atom. The highest BCUT2D eigenvalue weighted by atomic mass is 35.5. The maximum atomic E-state index is 12.2.